The summed E-state index contributed by atoms with van der Waals surface area (Å²) in [6.45, 7) is 3.20. The maximum absolute atomic E-state index is 12.7. The van der Waals surface area contributed by atoms with E-state index >= 15 is 0 Å². The fourth-order valence-corrected chi connectivity index (χ4v) is 3.61. The highest BCUT2D eigenvalue weighted by atomic mass is 35.5. The third-order valence-electron chi connectivity index (χ3n) is 4.60. The van der Waals surface area contributed by atoms with Crippen LogP contribution in [0.25, 0.3) is 0 Å². The first-order valence-corrected chi connectivity index (χ1v) is 7.78. The van der Waals surface area contributed by atoms with Gasteiger partial charge in [-0.3, -0.25) is 4.79 Å². The van der Waals surface area contributed by atoms with Crippen molar-refractivity contribution in [3.05, 3.63) is 0 Å². The molecule has 1 aliphatic heterocycles. The Morgan fingerprint density at radius 2 is 2.00 bits per heavy atom. The van der Waals surface area contributed by atoms with Crippen LogP contribution in [0.5, 0.6) is 0 Å². The molecule has 4 heteroatoms. The zero-order chi connectivity index (χ0) is 13.0. The number of nitrogens with zero attached hydrogens (tertiary/aromatic N) is 1. The smallest absolute Gasteiger partial charge is 0.225 e. The number of halogens is 1. The molecule has 1 heterocycles. The summed E-state index contributed by atoms with van der Waals surface area (Å²) in [5.74, 6) is 0.620. The average Bonchev–Trinajstić information content (AvgIpc) is 2.39. The Bertz CT molecular complexity index is 283. The van der Waals surface area contributed by atoms with E-state index in [-0.39, 0.29) is 24.4 Å². The molecule has 19 heavy (non-hydrogen) atoms. The molecule has 0 aromatic rings. The van der Waals surface area contributed by atoms with Gasteiger partial charge in [0, 0.05) is 24.5 Å². The van der Waals surface area contributed by atoms with Crippen LogP contribution in [0, 0.1) is 5.92 Å². The van der Waals surface area contributed by atoms with Crippen molar-refractivity contribution in [3.63, 3.8) is 0 Å². The van der Waals surface area contributed by atoms with E-state index < -0.39 is 0 Å². The van der Waals surface area contributed by atoms with Crippen LogP contribution in [0.3, 0.4) is 0 Å². The first-order chi connectivity index (χ1) is 8.72. The van der Waals surface area contributed by atoms with E-state index in [1.165, 1.54) is 32.1 Å². The SMILES string of the molecule is CCCC1CCCCN1C(=O)C1CCCC(N)C1.Cl. The summed E-state index contributed by atoms with van der Waals surface area (Å²) in [5.41, 5.74) is 6.02. The lowest BCUT2D eigenvalue weighted by molar-refractivity contribution is -0.140. The fourth-order valence-electron chi connectivity index (χ4n) is 3.61. The van der Waals surface area contributed by atoms with E-state index in [0.717, 1.165) is 32.2 Å². The minimum Gasteiger partial charge on any atom is -0.339 e. The van der Waals surface area contributed by atoms with E-state index in [2.05, 4.69) is 11.8 Å². The average molecular weight is 289 g/mol. The predicted octanol–water partition coefficient (Wildman–Crippen LogP) is 3.11. The minimum absolute atomic E-state index is 0. The van der Waals surface area contributed by atoms with Gasteiger partial charge < -0.3 is 10.6 Å². The molecule has 1 saturated heterocycles. The zero-order valence-corrected chi connectivity index (χ0v) is 13.0. The Kier molecular flexibility index (Phi) is 7.16. The molecule has 3 unspecified atom stereocenters. The molecule has 2 N–H and O–H groups in total. The van der Waals surface area contributed by atoms with E-state index in [9.17, 15) is 4.79 Å². The first-order valence-electron chi connectivity index (χ1n) is 7.78. The molecule has 0 spiro atoms. The zero-order valence-electron chi connectivity index (χ0n) is 12.1. The Balaban J connectivity index is 0.00000180. The van der Waals surface area contributed by atoms with Gasteiger partial charge in [0.05, 0.1) is 0 Å². The highest BCUT2D eigenvalue weighted by Crippen LogP contribution is 2.29. The van der Waals surface area contributed by atoms with Gasteiger partial charge in [0.1, 0.15) is 0 Å². The molecule has 0 radical (unpaired) electrons. The fraction of sp³-hybridized carbons (Fsp3) is 0.933. The van der Waals surface area contributed by atoms with Crippen LogP contribution in [-0.2, 0) is 4.79 Å². The number of carbonyl (C=O) groups is 1. The summed E-state index contributed by atoms with van der Waals surface area (Å²) in [4.78, 5) is 14.8. The molecule has 2 fully saturated rings. The van der Waals surface area contributed by atoms with Gasteiger partial charge in [-0.05, 0) is 44.9 Å². The number of hydrogen-bond acceptors (Lipinski definition) is 2. The molecule has 1 saturated carbocycles. The van der Waals surface area contributed by atoms with Gasteiger partial charge in [0.25, 0.3) is 0 Å². The molecule has 2 rings (SSSR count). The minimum atomic E-state index is 0. The summed E-state index contributed by atoms with van der Waals surface area (Å²) < 4.78 is 0. The number of likely N-dealkylation sites (tertiary alicyclic amines) is 1. The van der Waals surface area contributed by atoms with Gasteiger partial charge >= 0.3 is 0 Å². The molecular weight excluding hydrogens is 260 g/mol. The van der Waals surface area contributed by atoms with Crippen LogP contribution in [-0.4, -0.2) is 29.4 Å². The lowest BCUT2D eigenvalue weighted by Crippen LogP contribution is -2.48. The number of hydrogen-bond donors (Lipinski definition) is 1. The van der Waals surface area contributed by atoms with Gasteiger partial charge in [0.15, 0.2) is 0 Å². The van der Waals surface area contributed by atoms with Crippen LogP contribution in [0.2, 0.25) is 0 Å². The quantitative estimate of drug-likeness (QED) is 0.867. The van der Waals surface area contributed by atoms with E-state index in [1.54, 1.807) is 0 Å². The summed E-state index contributed by atoms with van der Waals surface area (Å²) in [5, 5.41) is 0. The molecular formula is C15H29ClN2O. The molecule has 0 bridgehead atoms. The van der Waals surface area contributed by atoms with E-state index in [0.29, 0.717) is 11.9 Å². The molecule has 0 aromatic carbocycles. The normalized spacial score (nSPS) is 31.7. The predicted molar refractivity (Wildman–Crippen MR) is 81.4 cm³/mol. The number of rotatable bonds is 3. The van der Waals surface area contributed by atoms with E-state index in [4.69, 9.17) is 5.73 Å². The van der Waals surface area contributed by atoms with Gasteiger partial charge in [-0.25, -0.2) is 0 Å². The van der Waals surface area contributed by atoms with Crippen molar-refractivity contribution >= 4 is 18.3 Å². The molecule has 0 aromatic heterocycles. The maximum atomic E-state index is 12.7. The second-order valence-electron chi connectivity index (χ2n) is 6.09. The highest BCUT2D eigenvalue weighted by Gasteiger charge is 2.33. The van der Waals surface area contributed by atoms with Crippen molar-refractivity contribution in [3.8, 4) is 0 Å². The van der Waals surface area contributed by atoms with Crippen LogP contribution in [0.1, 0.15) is 64.7 Å². The lowest BCUT2D eigenvalue weighted by atomic mass is 9.84. The monoisotopic (exact) mass is 288 g/mol. The summed E-state index contributed by atoms with van der Waals surface area (Å²) in [6.07, 6.45) is 10.2. The molecule has 2 aliphatic rings. The van der Waals surface area contributed by atoms with Crippen molar-refractivity contribution in [2.45, 2.75) is 76.8 Å². The largest absolute Gasteiger partial charge is 0.339 e. The summed E-state index contributed by atoms with van der Waals surface area (Å²) in [7, 11) is 0. The van der Waals surface area contributed by atoms with Crippen LogP contribution < -0.4 is 5.73 Å². The first kappa shape index (κ1) is 16.8. The van der Waals surface area contributed by atoms with Crippen LogP contribution in [0.4, 0.5) is 0 Å². The van der Waals surface area contributed by atoms with Crippen molar-refractivity contribution in [2.24, 2.45) is 11.7 Å². The van der Waals surface area contributed by atoms with Gasteiger partial charge in [-0.1, -0.05) is 19.8 Å². The molecule has 3 nitrogen and oxygen atoms in total. The third kappa shape index (κ3) is 4.35. The van der Waals surface area contributed by atoms with Crippen molar-refractivity contribution in [1.82, 2.24) is 4.90 Å². The van der Waals surface area contributed by atoms with Crippen LogP contribution in [0.15, 0.2) is 0 Å². The number of amides is 1. The molecule has 1 aliphatic carbocycles. The number of piperidine rings is 1. The molecule has 1 amide bonds. The van der Waals surface area contributed by atoms with Gasteiger partial charge in [-0.15, -0.1) is 12.4 Å². The topological polar surface area (TPSA) is 46.3 Å². The Morgan fingerprint density at radius 1 is 1.21 bits per heavy atom. The highest BCUT2D eigenvalue weighted by molar-refractivity contribution is 5.85. The van der Waals surface area contributed by atoms with Crippen molar-refractivity contribution in [2.75, 3.05) is 6.54 Å². The summed E-state index contributed by atoms with van der Waals surface area (Å²) >= 11 is 0. The Hall–Kier alpha value is -0.280. The second-order valence-corrected chi connectivity index (χ2v) is 6.09. The Labute approximate surface area is 123 Å². The van der Waals surface area contributed by atoms with E-state index in [1.807, 2.05) is 0 Å². The maximum Gasteiger partial charge on any atom is 0.225 e. The van der Waals surface area contributed by atoms with Gasteiger partial charge in [0.2, 0.25) is 5.91 Å². The number of carbonyl (C=O) groups excluding carboxylic acids is 1. The molecule has 3 atom stereocenters. The van der Waals surface area contributed by atoms with Crippen molar-refractivity contribution in [1.29, 1.82) is 0 Å². The third-order valence-corrected chi connectivity index (χ3v) is 4.60. The number of nitrogens with two attached hydrogens (primary N) is 1. The summed E-state index contributed by atoms with van der Waals surface area (Å²) in [6, 6.07) is 0.761. The standard InChI is InChI=1S/C15H28N2O.ClH/c1-2-6-14-9-3-4-10-17(14)15(18)12-7-5-8-13(16)11-12;/h12-14H,2-11,16H2,1H3;1H. The second kappa shape index (κ2) is 8.11. The van der Waals surface area contributed by atoms with Crippen molar-refractivity contribution < 1.29 is 4.79 Å². The van der Waals surface area contributed by atoms with Crippen LogP contribution >= 0.6 is 12.4 Å². The van der Waals surface area contributed by atoms with Gasteiger partial charge in [-0.2, -0.15) is 0 Å². The lowest BCUT2D eigenvalue weighted by Gasteiger charge is -2.39. The Morgan fingerprint density at radius 3 is 2.68 bits per heavy atom. The molecule has 112 valence electrons.